The van der Waals surface area contributed by atoms with Crippen molar-refractivity contribution in [2.45, 2.75) is 13.3 Å². The Labute approximate surface area is 90.8 Å². The van der Waals surface area contributed by atoms with E-state index in [-0.39, 0.29) is 11.7 Å². The molecule has 78 valence electrons. The predicted molar refractivity (Wildman–Crippen MR) is 55.9 cm³/mol. The van der Waals surface area contributed by atoms with Crippen molar-refractivity contribution in [2.75, 3.05) is 6.54 Å². The largest absolute Gasteiger partial charge is 0.330 e. The van der Waals surface area contributed by atoms with Crippen LogP contribution < -0.4 is 5.73 Å². The summed E-state index contributed by atoms with van der Waals surface area (Å²) in [5.41, 5.74) is 5.95. The molecule has 6 heteroatoms. The second-order valence-electron chi connectivity index (χ2n) is 3.32. The number of aryl methyl sites for hydroxylation is 1. The maximum Gasteiger partial charge on any atom is 0.184 e. The summed E-state index contributed by atoms with van der Waals surface area (Å²) in [5.74, 6) is 0.201. The number of ketones is 1. The van der Waals surface area contributed by atoms with Crippen LogP contribution in [0.5, 0.6) is 0 Å². The van der Waals surface area contributed by atoms with E-state index in [4.69, 9.17) is 5.73 Å². The predicted octanol–water partition coefficient (Wildman–Crippen LogP) is 0.745. The minimum absolute atomic E-state index is 0.0160. The van der Waals surface area contributed by atoms with E-state index in [1.807, 2.05) is 6.92 Å². The number of aromatic nitrogens is 3. The lowest BCUT2D eigenvalue weighted by Gasteiger charge is -2.06. The molecule has 0 saturated carbocycles. The molecule has 1 rings (SSSR count). The van der Waals surface area contributed by atoms with Gasteiger partial charge in [0.05, 0.1) is 0 Å². The molecule has 1 atom stereocenters. The van der Waals surface area contributed by atoms with E-state index in [0.29, 0.717) is 23.3 Å². The highest BCUT2D eigenvalue weighted by atomic mass is 79.9. The topological polar surface area (TPSA) is 73.8 Å². The summed E-state index contributed by atoms with van der Waals surface area (Å²) in [6.07, 6.45) is 0.427. The molecule has 5 nitrogen and oxygen atoms in total. The zero-order valence-corrected chi connectivity index (χ0v) is 9.78. The molecular formula is C8H13BrN4O. The lowest BCUT2D eigenvalue weighted by atomic mass is 10.0. The third kappa shape index (κ3) is 2.39. The molecule has 1 heterocycles. The summed E-state index contributed by atoms with van der Waals surface area (Å²) in [4.78, 5) is 11.7. The van der Waals surface area contributed by atoms with E-state index >= 15 is 0 Å². The molecule has 2 N–H and O–H groups in total. The zero-order valence-electron chi connectivity index (χ0n) is 8.20. The Morgan fingerprint density at radius 1 is 1.71 bits per heavy atom. The van der Waals surface area contributed by atoms with Gasteiger partial charge in [-0.25, -0.2) is 4.68 Å². The summed E-state index contributed by atoms with van der Waals surface area (Å²) in [5, 5.41) is 7.49. The molecule has 0 amide bonds. The SMILES string of the molecule is CC(CN)CC(=O)c1c(Br)nnn1C. The van der Waals surface area contributed by atoms with Gasteiger partial charge in [-0.3, -0.25) is 4.79 Å². The molecule has 0 aliphatic rings. The summed E-state index contributed by atoms with van der Waals surface area (Å²) in [6.45, 7) is 2.45. The van der Waals surface area contributed by atoms with Crippen molar-refractivity contribution in [3.05, 3.63) is 10.3 Å². The monoisotopic (exact) mass is 260 g/mol. The smallest absolute Gasteiger partial charge is 0.184 e. The fourth-order valence-electron chi connectivity index (χ4n) is 1.12. The van der Waals surface area contributed by atoms with E-state index in [1.54, 1.807) is 7.05 Å². The van der Waals surface area contributed by atoms with E-state index in [9.17, 15) is 4.79 Å². The molecule has 0 aliphatic heterocycles. The van der Waals surface area contributed by atoms with Crippen LogP contribution in [0, 0.1) is 5.92 Å². The first-order chi connectivity index (χ1) is 6.56. The molecule has 0 bridgehead atoms. The van der Waals surface area contributed by atoms with E-state index in [2.05, 4.69) is 26.2 Å². The Morgan fingerprint density at radius 2 is 2.36 bits per heavy atom. The Hall–Kier alpha value is -0.750. The van der Waals surface area contributed by atoms with Crippen LogP contribution in [0.4, 0.5) is 0 Å². The number of carbonyl (C=O) groups is 1. The molecule has 14 heavy (non-hydrogen) atoms. The van der Waals surface area contributed by atoms with Gasteiger partial charge in [-0.05, 0) is 28.4 Å². The van der Waals surface area contributed by atoms with Gasteiger partial charge in [-0.15, -0.1) is 5.10 Å². The fraction of sp³-hybridized carbons (Fsp3) is 0.625. The van der Waals surface area contributed by atoms with Crippen molar-refractivity contribution in [1.29, 1.82) is 0 Å². The minimum Gasteiger partial charge on any atom is -0.330 e. The quantitative estimate of drug-likeness (QED) is 0.811. The molecule has 0 aliphatic carbocycles. The Morgan fingerprint density at radius 3 is 2.79 bits per heavy atom. The maximum atomic E-state index is 11.7. The minimum atomic E-state index is 0.0160. The van der Waals surface area contributed by atoms with Crippen LogP contribution in [-0.4, -0.2) is 27.3 Å². The van der Waals surface area contributed by atoms with Crippen molar-refractivity contribution < 1.29 is 4.79 Å². The fourth-order valence-corrected chi connectivity index (χ4v) is 1.67. The number of halogens is 1. The Kier molecular flexibility index (Phi) is 3.77. The van der Waals surface area contributed by atoms with Crippen molar-refractivity contribution in [3.63, 3.8) is 0 Å². The van der Waals surface area contributed by atoms with Crippen molar-refractivity contribution in [3.8, 4) is 0 Å². The standard InChI is InChI=1S/C8H13BrN4O/c1-5(4-10)3-6(14)7-8(9)11-12-13(7)2/h5H,3-4,10H2,1-2H3. The van der Waals surface area contributed by atoms with Crippen LogP contribution in [0.15, 0.2) is 4.60 Å². The third-order valence-electron chi connectivity index (χ3n) is 1.99. The number of nitrogens with two attached hydrogens (primary N) is 1. The normalized spacial score (nSPS) is 12.9. The summed E-state index contributed by atoms with van der Waals surface area (Å²) in [6, 6.07) is 0. The molecule has 0 fully saturated rings. The van der Waals surface area contributed by atoms with Crippen molar-refractivity contribution >= 4 is 21.7 Å². The van der Waals surface area contributed by atoms with Crippen LogP contribution in [0.3, 0.4) is 0 Å². The molecule has 1 aromatic rings. The number of Topliss-reactive ketones (excluding diaryl/α,β-unsaturated/α-hetero) is 1. The lowest BCUT2D eigenvalue weighted by Crippen LogP contribution is -2.17. The Bertz CT molecular complexity index is 317. The average molecular weight is 261 g/mol. The van der Waals surface area contributed by atoms with Gasteiger partial charge in [0.15, 0.2) is 10.4 Å². The highest BCUT2D eigenvalue weighted by molar-refractivity contribution is 9.10. The number of nitrogens with zero attached hydrogens (tertiary/aromatic N) is 3. The molecule has 0 aromatic carbocycles. The summed E-state index contributed by atoms with van der Waals surface area (Å²) < 4.78 is 1.96. The molecule has 0 radical (unpaired) electrons. The van der Waals surface area contributed by atoms with Gasteiger partial charge >= 0.3 is 0 Å². The highest BCUT2D eigenvalue weighted by Gasteiger charge is 2.18. The van der Waals surface area contributed by atoms with E-state index in [1.165, 1.54) is 4.68 Å². The van der Waals surface area contributed by atoms with Gasteiger partial charge in [0.25, 0.3) is 0 Å². The first kappa shape index (κ1) is 11.3. The van der Waals surface area contributed by atoms with Crippen LogP contribution in [-0.2, 0) is 7.05 Å². The third-order valence-corrected chi connectivity index (χ3v) is 2.52. The maximum absolute atomic E-state index is 11.7. The number of hydrogen-bond donors (Lipinski definition) is 1. The average Bonchev–Trinajstić information content (AvgIpc) is 2.46. The lowest BCUT2D eigenvalue weighted by molar-refractivity contribution is 0.0956. The van der Waals surface area contributed by atoms with Crippen molar-refractivity contribution in [1.82, 2.24) is 15.0 Å². The van der Waals surface area contributed by atoms with Crippen LogP contribution in [0.2, 0.25) is 0 Å². The molecule has 1 unspecified atom stereocenters. The molecule has 0 saturated heterocycles. The first-order valence-corrected chi connectivity index (χ1v) is 5.14. The zero-order chi connectivity index (χ0) is 10.7. The molecule has 0 spiro atoms. The first-order valence-electron chi connectivity index (χ1n) is 4.34. The number of carbonyl (C=O) groups excluding carboxylic acids is 1. The van der Waals surface area contributed by atoms with Crippen molar-refractivity contribution in [2.24, 2.45) is 18.7 Å². The summed E-state index contributed by atoms with van der Waals surface area (Å²) in [7, 11) is 1.69. The van der Waals surface area contributed by atoms with Crippen LogP contribution >= 0.6 is 15.9 Å². The Balaban J connectivity index is 2.79. The molecule has 1 aromatic heterocycles. The summed E-state index contributed by atoms with van der Waals surface area (Å²) >= 11 is 3.18. The van der Waals surface area contributed by atoms with Gasteiger partial charge in [-0.2, -0.15) is 0 Å². The molecular weight excluding hydrogens is 248 g/mol. The van der Waals surface area contributed by atoms with Gasteiger partial charge in [0.1, 0.15) is 5.69 Å². The van der Waals surface area contributed by atoms with Gasteiger partial charge < -0.3 is 5.73 Å². The van der Waals surface area contributed by atoms with Gasteiger partial charge in [0, 0.05) is 13.5 Å². The number of rotatable bonds is 4. The van der Waals surface area contributed by atoms with E-state index in [0.717, 1.165) is 0 Å². The highest BCUT2D eigenvalue weighted by Crippen LogP contribution is 2.15. The second-order valence-corrected chi connectivity index (χ2v) is 4.07. The second kappa shape index (κ2) is 4.65. The van der Waals surface area contributed by atoms with Gasteiger partial charge in [-0.1, -0.05) is 12.1 Å². The number of hydrogen-bond acceptors (Lipinski definition) is 4. The van der Waals surface area contributed by atoms with E-state index < -0.39 is 0 Å². The van der Waals surface area contributed by atoms with Gasteiger partial charge in [0.2, 0.25) is 0 Å². The van der Waals surface area contributed by atoms with Crippen LogP contribution in [0.1, 0.15) is 23.8 Å². The van der Waals surface area contributed by atoms with Crippen LogP contribution in [0.25, 0.3) is 0 Å².